The van der Waals surface area contributed by atoms with Gasteiger partial charge in [0, 0.05) is 31.8 Å². The van der Waals surface area contributed by atoms with Crippen molar-refractivity contribution in [3.8, 4) is 5.75 Å². The van der Waals surface area contributed by atoms with Crippen LogP contribution >= 0.6 is 12.2 Å². The molecule has 2 N–H and O–H groups in total. The molecule has 1 saturated heterocycles. The molecule has 1 aliphatic rings. The first-order valence-electron chi connectivity index (χ1n) is 8.39. The molecule has 7 heteroatoms. The van der Waals surface area contributed by atoms with Crippen LogP contribution in [0.2, 0.25) is 0 Å². The first-order chi connectivity index (χ1) is 12.1. The van der Waals surface area contributed by atoms with E-state index in [0.717, 1.165) is 30.4 Å². The molecule has 1 atom stereocenters. The lowest BCUT2D eigenvalue weighted by molar-refractivity contribution is 0.0898. The second-order valence-electron chi connectivity index (χ2n) is 6.15. The molecule has 1 aliphatic heterocycles. The summed E-state index contributed by atoms with van der Waals surface area (Å²) < 4.78 is 10.9. The summed E-state index contributed by atoms with van der Waals surface area (Å²) in [7, 11) is 3.40. The van der Waals surface area contributed by atoms with Gasteiger partial charge in [0.1, 0.15) is 5.75 Å². The minimum atomic E-state index is -0.114. The van der Waals surface area contributed by atoms with Crippen molar-refractivity contribution in [2.24, 2.45) is 0 Å². The number of benzene rings is 1. The summed E-state index contributed by atoms with van der Waals surface area (Å²) in [5.41, 5.74) is 1.32. The molecule has 2 aromatic rings. The molecule has 0 saturated carbocycles. The monoisotopic (exact) mass is 361 g/mol. The zero-order valence-electron chi connectivity index (χ0n) is 14.5. The topological polar surface area (TPSA) is 66.6 Å². The maximum absolute atomic E-state index is 12.5. The number of ether oxygens (including phenoxy) is 2. The Kier molecular flexibility index (Phi) is 5.55. The predicted molar refractivity (Wildman–Crippen MR) is 102 cm³/mol. The van der Waals surface area contributed by atoms with Crippen LogP contribution in [0.1, 0.15) is 18.4 Å². The van der Waals surface area contributed by atoms with E-state index >= 15 is 0 Å². The van der Waals surface area contributed by atoms with Crippen LogP contribution in [0.3, 0.4) is 0 Å². The summed E-state index contributed by atoms with van der Waals surface area (Å²) in [5.74, 6) is 0.715. The van der Waals surface area contributed by atoms with Crippen molar-refractivity contribution in [3.05, 3.63) is 40.2 Å². The Bertz CT molecular complexity index is 815. The number of pyridine rings is 1. The summed E-state index contributed by atoms with van der Waals surface area (Å²) in [4.78, 5) is 17.4. The van der Waals surface area contributed by atoms with Gasteiger partial charge in [-0.3, -0.25) is 4.79 Å². The molecule has 0 unspecified atom stereocenters. The average molecular weight is 361 g/mol. The number of rotatable bonds is 5. The number of H-pyrrole nitrogens is 1. The van der Waals surface area contributed by atoms with E-state index in [1.165, 1.54) is 0 Å². The lowest BCUT2D eigenvalue weighted by Gasteiger charge is -2.27. The van der Waals surface area contributed by atoms with Crippen LogP contribution in [0.15, 0.2) is 29.1 Å². The van der Waals surface area contributed by atoms with E-state index in [-0.39, 0.29) is 11.7 Å². The molecule has 3 rings (SSSR count). The number of aromatic nitrogens is 1. The van der Waals surface area contributed by atoms with Gasteiger partial charge >= 0.3 is 0 Å². The Morgan fingerprint density at radius 2 is 2.32 bits per heavy atom. The van der Waals surface area contributed by atoms with Crippen LogP contribution in [0.25, 0.3) is 10.9 Å². The second kappa shape index (κ2) is 7.84. The maximum Gasteiger partial charge on any atom is 0.253 e. The molecule has 1 fully saturated rings. The first-order valence-corrected chi connectivity index (χ1v) is 8.79. The lowest BCUT2D eigenvalue weighted by atomic mass is 10.1. The number of nitrogens with one attached hydrogen (secondary N) is 2. The zero-order valence-corrected chi connectivity index (χ0v) is 15.3. The van der Waals surface area contributed by atoms with Gasteiger partial charge in [0.05, 0.1) is 25.3 Å². The van der Waals surface area contributed by atoms with Crippen LogP contribution in [0.5, 0.6) is 5.75 Å². The number of aromatic amines is 1. The van der Waals surface area contributed by atoms with Crippen molar-refractivity contribution < 1.29 is 9.47 Å². The molecule has 1 aromatic heterocycles. The molecule has 25 heavy (non-hydrogen) atoms. The van der Waals surface area contributed by atoms with Gasteiger partial charge in [-0.2, -0.15) is 0 Å². The van der Waals surface area contributed by atoms with Crippen LogP contribution in [0.4, 0.5) is 0 Å². The highest BCUT2D eigenvalue weighted by Crippen LogP contribution is 2.19. The van der Waals surface area contributed by atoms with Crippen molar-refractivity contribution in [1.29, 1.82) is 0 Å². The quantitative estimate of drug-likeness (QED) is 0.795. The van der Waals surface area contributed by atoms with Crippen molar-refractivity contribution in [3.63, 3.8) is 0 Å². The van der Waals surface area contributed by atoms with Crippen LogP contribution in [-0.4, -0.2) is 48.4 Å². The van der Waals surface area contributed by atoms with E-state index in [9.17, 15) is 4.79 Å². The van der Waals surface area contributed by atoms with Crippen molar-refractivity contribution in [1.82, 2.24) is 15.2 Å². The molecule has 0 bridgehead atoms. The molecule has 0 radical (unpaired) electrons. The van der Waals surface area contributed by atoms with E-state index in [2.05, 4.69) is 10.3 Å². The highest BCUT2D eigenvalue weighted by molar-refractivity contribution is 7.80. The van der Waals surface area contributed by atoms with Crippen LogP contribution < -0.4 is 15.6 Å². The third-order valence-electron chi connectivity index (χ3n) is 4.44. The molecule has 0 amide bonds. The largest absolute Gasteiger partial charge is 0.497 e. The Hall–Kier alpha value is -2.12. The SMILES string of the molecule is CNC(=S)N(Cc1cc2ccc(OC)cc2[nH]c1=O)C[C@@H]1CCCO1. The molecule has 0 spiro atoms. The van der Waals surface area contributed by atoms with Gasteiger partial charge in [-0.05, 0) is 48.6 Å². The Morgan fingerprint density at radius 1 is 1.48 bits per heavy atom. The molecule has 1 aromatic carbocycles. The summed E-state index contributed by atoms with van der Waals surface area (Å²) in [5, 5.41) is 4.58. The Labute approximate surface area is 152 Å². The van der Waals surface area contributed by atoms with E-state index in [1.807, 2.05) is 29.2 Å². The van der Waals surface area contributed by atoms with Gasteiger partial charge in [0.15, 0.2) is 5.11 Å². The van der Waals surface area contributed by atoms with Gasteiger partial charge in [0.2, 0.25) is 0 Å². The summed E-state index contributed by atoms with van der Waals surface area (Å²) >= 11 is 5.41. The highest BCUT2D eigenvalue weighted by atomic mass is 32.1. The van der Waals surface area contributed by atoms with Crippen LogP contribution in [0, 0.1) is 0 Å². The molecule has 134 valence electrons. The van der Waals surface area contributed by atoms with E-state index in [4.69, 9.17) is 21.7 Å². The molecular formula is C18H23N3O3S. The third-order valence-corrected chi connectivity index (χ3v) is 4.90. The van der Waals surface area contributed by atoms with Crippen molar-refractivity contribution >= 4 is 28.2 Å². The normalized spacial score (nSPS) is 16.8. The van der Waals surface area contributed by atoms with Gasteiger partial charge < -0.3 is 24.7 Å². The number of hydrogen-bond acceptors (Lipinski definition) is 4. The third kappa shape index (κ3) is 4.11. The average Bonchev–Trinajstić information content (AvgIpc) is 3.13. The minimum Gasteiger partial charge on any atom is -0.497 e. The van der Waals surface area contributed by atoms with Gasteiger partial charge in [-0.25, -0.2) is 0 Å². The van der Waals surface area contributed by atoms with Gasteiger partial charge in [0.25, 0.3) is 5.56 Å². The Balaban J connectivity index is 1.86. The number of thiocarbonyl (C=S) groups is 1. The van der Waals surface area contributed by atoms with E-state index in [1.54, 1.807) is 14.2 Å². The first kappa shape index (κ1) is 17.7. The second-order valence-corrected chi connectivity index (χ2v) is 6.53. The lowest BCUT2D eigenvalue weighted by Crippen LogP contribution is -2.42. The standard InChI is InChI=1S/C18H23N3O3S/c1-19-18(25)21(11-15-4-3-7-24-15)10-13-8-12-5-6-14(23-2)9-16(12)20-17(13)22/h5-6,8-9,15H,3-4,7,10-11H2,1-2H3,(H,19,25)(H,20,22)/t15-/m0/s1. The summed E-state index contributed by atoms with van der Waals surface area (Å²) in [6.07, 6.45) is 2.26. The number of hydrogen-bond donors (Lipinski definition) is 2. The Morgan fingerprint density at radius 3 is 3.00 bits per heavy atom. The minimum absolute atomic E-state index is 0.114. The van der Waals surface area contributed by atoms with Gasteiger partial charge in [-0.15, -0.1) is 0 Å². The molecule has 2 heterocycles. The van der Waals surface area contributed by atoms with Gasteiger partial charge in [-0.1, -0.05) is 0 Å². The molecular weight excluding hydrogens is 338 g/mol. The fraction of sp³-hybridized carbons (Fsp3) is 0.444. The number of fused-ring (bicyclic) bond motifs is 1. The van der Waals surface area contributed by atoms with Crippen molar-refractivity contribution in [2.75, 3.05) is 27.3 Å². The number of methoxy groups -OCH3 is 1. The smallest absolute Gasteiger partial charge is 0.253 e. The fourth-order valence-corrected chi connectivity index (χ4v) is 3.23. The summed E-state index contributed by atoms with van der Waals surface area (Å²) in [6.45, 7) is 1.92. The van der Waals surface area contributed by atoms with E-state index < -0.39 is 0 Å². The summed E-state index contributed by atoms with van der Waals surface area (Å²) in [6, 6.07) is 7.55. The van der Waals surface area contributed by atoms with Crippen molar-refractivity contribution in [2.45, 2.75) is 25.5 Å². The highest BCUT2D eigenvalue weighted by Gasteiger charge is 2.21. The maximum atomic E-state index is 12.5. The van der Waals surface area contributed by atoms with E-state index in [0.29, 0.717) is 29.5 Å². The molecule has 6 nitrogen and oxygen atoms in total. The zero-order chi connectivity index (χ0) is 17.8. The fourth-order valence-electron chi connectivity index (χ4n) is 3.09. The predicted octanol–water partition coefficient (Wildman–Crippen LogP) is 2.02. The molecule has 0 aliphatic carbocycles. The number of nitrogens with zero attached hydrogens (tertiary/aromatic N) is 1. The van der Waals surface area contributed by atoms with Crippen LogP contribution in [-0.2, 0) is 11.3 Å².